The van der Waals surface area contributed by atoms with Gasteiger partial charge in [-0.15, -0.1) is 0 Å². The van der Waals surface area contributed by atoms with Crippen molar-refractivity contribution in [2.75, 3.05) is 5.73 Å². The van der Waals surface area contributed by atoms with Gasteiger partial charge in [0, 0.05) is 11.3 Å². The van der Waals surface area contributed by atoms with Crippen molar-refractivity contribution in [2.24, 2.45) is 5.10 Å². The van der Waals surface area contributed by atoms with Crippen molar-refractivity contribution in [3.05, 3.63) is 62.6 Å². The number of halogens is 3. The number of benzene rings is 2. The lowest BCUT2D eigenvalue weighted by Gasteiger charge is -2.04. The first-order chi connectivity index (χ1) is 10.0. The molecule has 2 aromatic carbocycles. The Morgan fingerprint density at radius 3 is 2.48 bits per heavy atom. The first-order valence-corrected chi connectivity index (χ1v) is 6.95. The van der Waals surface area contributed by atoms with E-state index in [1.54, 1.807) is 36.4 Å². The lowest BCUT2D eigenvalue weighted by molar-refractivity contribution is 0.0956. The van der Waals surface area contributed by atoms with Crippen LogP contribution in [0, 0.1) is 0 Å². The van der Waals surface area contributed by atoms with E-state index in [1.165, 1.54) is 6.21 Å². The molecule has 7 heteroatoms. The van der Waals surface area contributed by atoms with Gasteiger partial charge < -0.3 is 5.73 Å². The molecule has 0 saturated heterocycles. The van der Waals surface area contributed by atoms with Crippen molar-refractivity contribution in [3.8, 4) is 0 Å². The van der Waals surface area contributed by atoms with Gasteiger partial charge >= 0.3 is 0 Å². The minimum absolute atomic E-state index is 0.265. The standard InChI is InChI=1S/C14H10Cl3N3O/c15-10-5-6-11(16)13(17)9(10)7-19-20-14(21)8-3-1-2-4-12(8)18/h1-7H,18H2,(H,20,21). The highest BCUT2D eigenvalue weighted by Gasteiger charge is 2.09. The summed E-state index contributed by atoms with van der Waals surface area (Å²) in [5.74, 6) is -0.432. The number of hydrogen-bond acceptors (Lipinski definition) is 3. The van der Waals surface area contributed by atoms with Crippen LogP contribution >= 0.6 is 34.8 Å². The molecule has 0 saturated carbocycles. The summed E-state index contributed by atoms with van der Waals surface area (Å²) in [4.78, 5) is 11.9. The normalized spacial score (nSPS) is 10.8. The number of nitrogen functional groups attached to an aromatic ring is 1. The Balaban J connectivity index is 2.15. The molecule has 0 spiro atoms. The third-order valence-electron chi connectivity index (χ3n) is 2.64. The first-order valence-electron chi connectivity index (χ1n) is 5.82. The molecule has 0 aliphatic heterocycles. The van der Waals surface area contributed by atoms with Gasteiger partial charge in [-0.2, -0.15) is 5.10 Å². The number of nitrogens with two attached hydrogens (primary N) is 1. The van der Waals surface area contributed by atoms with Gasteiger partial charge in [-0.1, -0.05) is 46.9 Å². The van der Waals surface area contributed by atoms with Crippen LogP contribution in [0.3, 0.4) is 0 Å². The van der Waals surface area contributed by atoms with Crippen molar-refractivity contribution < 1.29 is 4.79 Å². The quantitative estimate of drug-likeness (QED) is 0.383. The largest absolute Gasteiger partial charge is 0.398 e. The second-order valence-electron chi connectivity index (χ2n) is 4.04. The molecular formula is C14H10Cl3N3O. The molecule has 0 unspecified atom stereocenters. The van der Waals surface area contributed by atoms with E-state index in [-0.39, 0.29) is 5.02 Å². The van der Waals surface area contributed by atoms with Crippen molar-refractivity contribution >= 4 is 52.6 Å². The minimum Gasteiger partial charge on any atom is -0.398 e. The van der Waals surface area contributed by atoms with E-state index >= 15 is 0 Å². The Kier molecular flexibility index (Phi) is 5.07. The fourth-order valence-electron chi connectivity index (χ4n) is 1.58. The number of carbonyl (C=O) groups is 1. The molecule has 0 radical (unpaired) electrons. The third-order valence-corrected chi connectivity index (χ3v) is 3.79. The molecule has 3 N–H and O–H groups in total. The monoisotopic (exact) mass is 341 g/mol. The van der Waals surface area contributed by atoms with E-state index in [1.807, 2.05) is 0 Å². The van der Waals surface area contributed by atoms with Gasteiger partial charge in [-0.25, -0.2) is 5.43 Å². The number of anilines is 1. The molecule has 2 aromatic rings. The smallest absolute Gasteiger partial charge is 0.273 e. The number of carbonyl (C=O) groups excluding carboxylic acids is 1. The van der Waals surface area contributed by atoms with E-state index in [0.717, 1.165) is 0 Å². The predicted octanol–water partition coefficient (Wildman–Crippen LogP) is 3.99. The first kappa shape index (κ1) is 15.6. The topological polar surface area (TPSA) is 67.5 Å². The maximum absolute atomic E-state index is 11.9. The molecule has 4 nitrogen and oxygen atoms in total. The van der Waals surface area contributed by atoms with Gasteiger partial charge in [-0.05, 0) is 24.3 Å². The third kappa shape index (κ3) is 3.67. The van der Waals surface area contributed by atoms with Crippen LogP contribution in [-0.4, -0.2) is 12.1 Å². The molecule has 1 amide bonds. The molecule has 0 aromatic heterocycles. The maximum atomic E-state index is 11.9. The van der Waals surface area contributed by atoms with Gasteiger partial charge in [0.15, 0.2) is 0 Å². The van der Waals surface area contributed by atoms with E-state index in [0.29, 0.717) is 26.9 Å². The summed E-state index contributed by atoms with van der Waals surface area (Å²) >= 11 is 17.9. The number of amides is 1. The Labute approximate surface area is 136 Å². The summed E-state index contributed by atoms with van der Waals surface area (Å²) in [5.41, 5.74) is 9.17. The average Bonchev–Trinajstić information content (AvgIpc) is 2.47. The summed E-state index contributed by atoms with van der Waals surface area (Å²) < 4.78 is 0. The molecule has 0 atom stereocenters. The minimum atomic E-state index is -0.432. The summed E-state index contributed by atoms with van der Waals surface area (Å²) in [6, 6.07) is 9.84. The lowest BCUT2D eigenvalue weighted by atomic mass is 10.2. The summed E-state index contributed by atoms with van der Waals surface area (Å²) in [6.45, 7) is 0. The highest BCUT2D eigenvalue weighted by Crippen LogP contribution is 2.29. The summed E-state index contributed by atoms with van der Waals surface area (Å²) in [5, 5.41) is 4.80. The fraction of sp³-hybridized carbons (Fsp3) is 0. The van der Waals surface area contributed by atoms with Gasteiger partial charge in [0.2, 0.25) is 0 Å². The summed E-state index contributed by atoms with van der Waals surface area (Å²) in [6.07, 6.45) is 1.33. The van der Waals surface area contributed by atoms with E-state index < -0.39 is 5.91 Å². The van der Waals surface area contributed by atoms with Gasteiger partial charge in [0.05, 0.1) is 26.8 Å². The maximum Gasteiger partial charge on any atom is 0.273 e. The summed E-state index contributed by atoms with van der Waals surface area (Å²) in [7, 11) is 0. The highest BCUT2D eigenvalue weighted by molar-refractivity contribution is 6.45. The Hall–Kier alpha value is -1.75. The van der Waals surface area contributed by atoms with E-state index in [2.05, 4.69) is 10.5 Å². The number of para-hydroxylation sites is 1. The van der Waals surface area contributed by atoms with Crippen molar-refractivity contribution in [3.63, 3.8) is 0 Å². The molecule has 0 aliphatic carbocycles. The molecule has 108 valence electrons. The van der Waals surface area contributed by atoms with Crippen LogP contribution in [0.2, 0.25) is 15.1 Å². The Bertz CT molecular complexity index is 717. The molecule has 2 rings (SSSR count). The van der Waals surface area contributed by atoms with E-state index in [9.17, 15) is 4.79 Å². The molecule has 0 fully saturated rings. The van der Waals surface area contributed by atoms with Crippen molar-refractivity contribution in [1.29, 1.82) is 0 Å². The predicted molar refractivity (Wildman–Crippen MR) is 87.4 cm³/mol. The SMILES string of the molecule is Nc1ccccc1C(=O)NN=Cc1c(Cl)ccc(Cl)c1Cl. The molecular weight excluding hydrogens is 333 g/mol. The average molecular weight is 343 g/mol. The van der Waals surface area contributed by atoms with Gasteiger partial charge in [0.25, 0.3) is 5.91 Å². The van der Waals surface area contributed by atoms with Crippen LogP contribution in [0.25, 0.3) is 0 Å². The molecule has 21 heavy (non-hydrogen) atoms. The van der Waals surface area contributed by atoms with Crippen molar-refractivity contribution in [2.45, 2.75) is 0 Å². The van der Waals surface area contributed by atoms with Crippen LogP contribution < -0.4 is 11.2 Å². The number of nitrogens with one attached hydrogen (secondary N) is 1. The Morgan fingerprint density at radius 2 is 1.76 bits per heavy atom. The van der Waals surface area contributed by atoms with Gasteiger partial charge in [-0.3, -0.25) is 4.79 Å². The second-order valence-corrected chi connectivity index (χ2v) is 5.24. The van der Waals surface area contributed by atoms with Crippen LogP contribution in [0.15, 0.2) is 41.5 Å². The molecule has 0 bridgehead atoms. The zero-order valence-corrected chi connectivity index (χ0v) is 12.9. The van der Waals surface area contributed by atoms with Crippen LogP contribution in [-0.2, 0) is 0 Å². The van der Waals surface area contributed by atoms with Crippen molar-refractivity contribution in [1.82, 2.24) is 5.43 Å². The zero-order chi connectivity index (χ0) is 15.4. The van der Waals surface area contributed by atoms with Crippen LogP contribution in [0.4, 0.5) is 5.69 Å². The highest BCUT2D eigenvalue weighted by atomic mass is 35.5. The van der Waals surface area contributed by atoms with Gasteiger partial charge in [0.1, 0.15) is 0 Å². The number of rotatable bonds is 3. The number of nitrogens with zero attached hydrogens (tertiary/aromatic N) is 1. The number of hydrazone groups is 1. The van der Waals surface area contributed by atoms with Crippen LogP contribution in [0.1, 0.15) is 15.9 Å². The second kappa shape index (κ2) is 6.80. The fourth-order valence-corrected chi connectivity index (χ4v) is 2.21. The zero-order valence-electron chi connectivity index (χ0n) is 10.6. The lowest BCUT2D eigenvalue weighted by Crippen LogP contribution is -2.19. The Morgan fingerprint density at radius 1 is 1.10 bits per heavy atom. The molecule has 0 aliphatic rings. The van der Waals surface area contributed by atoms with Crippen LogP contribution in [0.5, 0.6) is 0 Å². The molecule has 0 heterocycles. The number of hydrogen-bond donors (Lipinski definition) is 2. The van der Waals surface area contributed by atoms with E-state index in [4.69, 9.17) is 40.5 Å².